The first-order valence-corrected chi connectivity index (χ1v) is 5.71. The van der Waals surface area contributed by atoms with Crippen LogP contribution in [0.3, 0.4) is 0 Å². The van der Waals surface area contributed by atoms with Crippen LogP contribution in [0.1, 0.15) is 12.0 Å². The van der Waals surface area contributed by atoms with E-state index in [9.17, 15) is 9.18 Å². The summed E-state index contributed by atoms with van der Waals surface area (Å²) in [5.41, 5.74) is 6.81. The van der Waals surface area contributed by atoms with Crippen molar-refractivity contribution in [1.29, 1.82) is 0 Å². The number of carbonyl (C=O) groups is 1. The average molecular weight is 237 g/mol. The van der Waals surface area contributed by atoms with Crippen LogP contribution in [0.4, 0.5) is 10.1 Å². The summed E-state index contributed by atoms with van der Waals surface area (Å²) in [7, 11) is 0. The van der Waals surface area contributed by atoms with Gasteiger partial charge in [0.05, 0.1) is 12.2 Å². The minimum atomic E-state index is -0.317. The van der Waals surface area contributed by atoms with Crippen LogP contribution in [-0.2, 0) is 11.3 Å². The molecule has 0 aliphatic carbocycles. The molecule has 1 heterocycles. The summed E-state index contributed by atoms with van der Waals surface area (Å²) in [5.74, 6) is -0.392. The predicted molar refractivity (Wildman–Crippen MR) is 64.1 cm³/mol. The van der Waals surface area contributed by atoms with Crippen molar-refractivity contribution in [2.24, 2.45) is 5.73 Å². The van der Waals surface area contributed by atoms with Gasteiger partial charge in [-0.2, -0.15) is 0 Å². The topological polar surface area (TPSA) is 58.4 Å². The molecule has 92 valence electrons. The first-order chi connectivity index (χ1) is 8.22. The number of benzene rings is 1. The zero-order chi connectivity index (χ0) is 12.3. The van der Waals surface area contributed by atoms with Gasteiger partial charge in [0.15, 0.2) is 0 Å². The van der Waals surface area contributed by atoms with Crippen LogP contribution in [0.15, 0.2) is 18.2 Å². The average Bonchev–Trinajstić information content (AvgIpc) is 2.53. The fraction of sp³-hybridized carbons (Fsp3) is 0.417. The van der Waals surface area contributed by atoms with Gasteiger partial charge in [-0.3, -0.25) is 4.79 Å². The molecule has 1 amide bonds. The fourth-order valence-electron chi connectivity index (χ4n) is 2.08. The Hall–Kier alpha value is -1.62. The van der Waals surface area contributed by atoms with Crippen molar-refractivity contribution in [3.05, 3.63) is 29.6 Å². The number of rotatable bonds is 2. The van der Waals surface area contributed by atoms with Crippen molar-refractivity contribution in [3.63, 3.8) is 0 Å². The van der Waals surface area contributed by atoms with Crippen LogP contribution in [0.2, 0.25) is 0 Å². The molecule has 0 atom stereocenters. The molecule has 0 bridgehead atoms. The second-order valence-corrected chi connectivity index (χ2v) is 4.08. The van der Waals surface area contributed by atoms with Crippen molar-refractivity contribution in [3.8, 4) is 0 Å². The van der Waals surface area contributed by atoms with E-state index in [0.717, 1.165) is 12.0 Å². The number of carbonyl (C=O) groups excluding carboxylic acids is 1. The molecular weight excluding hydrogens is 221 g/mol. The van der Waals surface area contributed by atoms with E-state index in [4.69, 9.17) is 5.73 Å². The lowest BCUT2D eigenvalue weighted by molar-refractivity contribution is -0.119. The van der Waals surface area contributed by atoms with Crippen molar-refractivity contribution < 1.29 is 9.18 Å². The third kappa shape index (κ3) is 2.55. The molecule has 0 spiro atoms. The molecule has 1 aliphatic rings. The van der Waals surface area contributed by atoms with E-state index in [1.807, 2.05) is 0 Å². The molecule has 4 nitrogen and oxygen atoms in total. The highest BCUT2D eigenvalue weighted by atomic mass is 19.1. The number of amides is 1. The largest absolute Gasteiger partial charge is 0.360 e. The molecule has 1 aromatic carbocycles. The first-order valence-electron chi connectivity index (χ1n) is 5.71. The van der Waals surface area contributed by atoms with E-state index >= 15 is 0 Å². The monoisotopic (exact) mass is 237 g/mol. The smallest absolute Gasteiger partial charge is 0.239 e. The molecule has 5 heteroatoms. The maximum Gasteiger partial charge on any atom is 0.239 e. The number of halogens is 1. The molecule has 17 heavy (non-hydrogen) atoms. The Balaban J connectivity index is 2.34. The van der Waals surface area contributed by atoms with Crippen LogP contribution in [-0.4, -0.2) is 25.5 Å². The highest BCUT2D eigenvalue weighted by Crippen LogP contribution is 2.24. The van der Waals surface area contributed by atoms with Gasteiger partial charge in [-0.05, 0) is 18.1 Å². The summed E-state index contributed by atoms with van der Waals surface area (Å²) in [6, 6.07) is 4.83. The number of nitrogens with one attached hydrogen (secondary N) is 1. The quantitative estimate of drug-likeness (QED) is 0.792. The maximum absolute atomic E-state index is 13.9. The standard InChI is InChI=1S/C12H16FN3O/c13-10-4-1-3-9(7-14)12(10)16-6-2-5-15-11(17)8-16/h1,3-4H,2,5-8,14H2,(H,15,17). The zero-order valence-corrected chi connectivity index (χ0v) is 9.58. The Bertz CT molecular complexity index is 422. The van der Waals surface area contributed by atoms with Gasteiger partial charge in [0.2, 0.25) is 5.91 Å². The summed E-state index contributed by atoms with van der Waals surface area (Å²) in [4.78, 5) is 13.2. The molecule has 3 N–H and O–H groups in total. The second-order valence-electron chi connectivity index (χ2n) is 4.08. The molecular formula is C12H16FN3O. The van der Waals surface area contributed by atoms with Crippen LogP contribution >= 0.6 is 0 Å². The Labute approximate surface area is 99.6 Å². The van der Waals surface area contributed by atoms with Crippen LogP contribution in [0.25, 0.3) is 0 Å². The Morgan fingerprint density at radius 3 is 3.06 bits per heavy atom. The lowest BCUT2D eigenvalue weighted by Crippen LogP contribution is -2.34. The number of hydrogen-bond acceptors (Lipinski definition) is 3. The van der Waals surface area contributed by atoms with Crippen molar-refractivity contribution in [2.45, 2.75) is 13.0 Å². The number of hydrogen-bond donors (Lipinski definition) is 2. The van der Waals surface area contributed by atoms with E-state index in [-0.39, 0.29) is 24.8 Å². The SMILES string of the molecule is NCc1cccc(F)c1N1CCCNC(=O)C1. The molecule has 2 rings (SSSR count). The Morgan fingerprint density at radius 2 is 2.29 bits per heavy atom. The lowest BCUT2D eigenvalue weighted by Gasteiger charge is -2.24. The maximum atomic E-state index is 13.9. The van der Waals surface area contributed by atoms with Crippen molar-refractivity contribution in [2.75, 3.05) is 24.5 Å². The molecule has 0 saturated carbocycles. The van der Waals surface area contributed by atoms with Gasteiger partial charge in [-0.15, -0.1) is 0 Å². The highest BCUT2D eigenvalue weighted by molar-refractivity contribution is 5.82. The third-order valence-corrected chi connectivity index (χ3v) is 2.87. The van der Waals surface area contributed by atoms with Crippen LogP contribution in [0.5, 0.6) is 0 Å². The molecule has 0 aromatic heterocycles. The van der Waals surface area contributed by atoms with Crippen LogP contribution < -0.4 is 16.0 Å². The van der Waals surface area contributed by atoms with Gasteiger partial charge >= 0.3 is 0 Å². The summed E-state index contributed by atoms with van der Waals surface area (Å²) >= 11 is 0. The third-order valence-electron chi connectivity index (χ3n) is 2.87. The lowest BCUT2D eigenvalue weighted by atomic mass is 10.1. The van der Waals surface area contributed by atoms with Gasteiger partial charge in [0, 0.05) is 19.6 Å². The van der Waals surface area contributed by atoms with Gasteiger partial charge in [0.1, 0.15) is 5.82 Å². The van der Waals surface area contributed by atoms with E-state index in [2.05, 4.69) is 5.32 Å². The summed E-state index contributed by atoms with van der Waals surface area (Å²) in [6.07, 6.45) is 0.810. The molecule has 1 saturated heterocycles. The number of nitrogens with zero attached hydrogens (tertiary/aromatic N) is 1. The minimum absolute atomic E-state index is 0.0753. The van der Waals surface area contributed by atoms with E-state index in [0.29, 0.717) is 18.8 Å². The van der Waals surface area contributed by atoms with Gasteiger partial charge in [-0.1, -0.05) is 12.1 Å². The van der Waals surface area contributed by atoms with E-state index in [1.165, 1.54) is 6.07 Å². The van der Waals surface area contributed by atoms with Gasteiger partial charge in [0.25, 0.3) is 0 Å². The van der Waals surface area contributed by atoms with Crippen LogP contribution in [0, 0.1) is 5.82 Å². The molecule has 1 aromatic rings. The molecule has 1 aliphatic heterocycles. The first kappa shape index (κ1) is 11.9. The molecule has 0 radical (unpaired) electrons. The minimum Gasteiger partial charge on any atom is -0.360 e. The highest BCUT2D eigenvalue weighted by Gasteiger charge is 2.20. The van der Waals surface area contributed by atoms with Gasteiger partial charge < -0.3 is 16.0 Å². The number of para-hydroxylation sites is 1. The zero-order valence-electron chi connectivity index (χ0n) is 9.58. The summed E-state index contributed by atoms with van der Waals surface area (Å²) in [5, 5.41) is 2.77. The second kappa shape index (κ2) is 5.14. The van der Waals surface area contributed by atoms with Gasteiger partial charge in [-0.25, -0.2) is 4.39 Å². The van der Waals surface area contributed by atoms with Crippen molar-refractivity contribution >= 4 is 11.6 Å². The normalized spacial score (nSPS) is 16.6. The summed E-state index contributed by atoms with van der Waals surface area (Å²) < 4.78 is 13.9. The van der Waals surface area contributed by atoms with E-state index < -0.39 is 0 Å². The summed E-state index contributed by atoms with van der Waals surface area (Å²) in [6.45, 7) is 1.76. The Morgan fingerprint density at radius 1 is 1.47 bits per heavy atom. The Kier molecular flexibility index (Phi) is 3.58. The molecule has 0 unspecified atom stereocenters. The number of anilines is 1. The molecule has 1 fully saturated rings. The predicted octanol–water partition coefficient (Wildman–Crippen LogP) is 0.611. The fourth-order valence-corrected chi connectivity index (χ4v) is 2.08. The van der Waals surface area contributed by atoms with E-state index in [1.54, 1.807) is 17.0 Å². The number of nitrogens with two attached hydrogens (primary N) is 1. The van der Waals surface area contributed by atoms with Crippen molar-refractivity contribution in [1.82, 2.24) is 5.32 Å².